The molecule has 0 radical (unpaired) electrons. The molecule has 1 aliphatic heterocycles. The van der Waals surface area contributed by atoms with Gasteiger partial charge >= 0.3 is 0 Å². The Hall–Kier alpha value is -2.60. The summed E-state index contributed by atoms with van der Waals surface area (Å²) in [5.74, 6) is 0.782. The molecule has 0 atom stereocenters. The molecule has 0 saturated carbocycles. The first-order valence-corrected chi connectivity index (χ1v) is 8.87. The van der Waals surface area contributed by atoms with Crippen molar-refractivity contribution in [1.29, 1.82) is 0 Å². The Labute approximate surface area is 153 Å². The van der Waals surface area contributed by atoms with Crippen LogP contribution in [0.1, 0.15) is 11.1 Å². The minimum atomic E-state index is -0.00202. The number of nitrogens with zero attached hydrogens (tertiary/aromatic N) is 3. The molecular weight excluding hydrogens is 330 g/mol. The number of piperazine rings is 1. The second kappa shape index (κ2) is 8.19. The molecule has 26 heavy (non-hydrogen) atoms. The summed E-state index contributed by atoms with van der Waals surface area (Å²) in [5, 5.41) is 0. The van der Waals surface area contributed by atoms with Gasteiger partial charge in [0.05, 0.1) is 0 Å². The highest BCUT2D eigenvalue weighted by molar-refractivity contribution is 5.78. The molecule has 0 bridgehead atoms. The highest BCUT2D eigenvalue weighted by Gasteiger charge is 2.21. The summed E-state index contributed by atoms with van der Waals surface area (Å²) >= 11 is 0. The van der Waals surface area contributed by atoms with Crippen LogP contribution in [-0.4, -0.2) is 53.1 Å². The van der Waals surface area contributed by atoms with E-state index in [-0.39, 0.29) is 18.1 Å². The molecule has 3 rings (SSSR count). The molecule has 138 valence electrons. The minimum absolute atomic E-state index is 0.00202. The van der Waals surface area contributed by atoms with Crippen LogP contribution in [0.5, 0.6) is 5.75 Å². The van der Waals surface area contributed by atoms with Gasteiger partial charge in [-0.25, -0.2) is 0 Å². The first-order valence-electron chi connectivity index (χ1n) is 8.87. The zero-order valence-electron chi connectivity index (χ0n) is 15.4. The molecule has 0 N–H and O–H groups in total. The number of amides is 1. The average molecular weight is 355 g/mol. The van der Waals surface area contributed by atoms with Gasteiger partial charge in [-0.2, -0.15) is 0 Å². The van der Waals surface area contributed by atoms with Crippen LogP contribution in [0.4, 0.5) is 0 Å². The van der Waals surface area contributed by atoms with Crippen molar-refractivity contribution in [3.63, 3.8) is 0 Å². The molecule has 1 amide bonds. The largest absolute Gasteiger partial charge is 0.484 e. The van der Waals surface area contributed by atoms with Gasteiger partial charge in [-0.15, -0.1) is 0 Å². The first kappa shape index (κ1) is 18.2. The highest BCUT2D eigenvalue weighted by Crippen LogP contribution is 2.16. The predicted octanol–water partition coefficient (Wildman–Crippen LogP) is 1.42. The monoisotopic (exact) mass is 355 g/mol. The van der Waals surface area contributed by atoms with E-state index in [0.29, 0.717) is 13.1 Å². The summed E-state index contributed by atoms with van der Waals surface area (Å²) in [5.41, 5.74) is 2.13. The molecule has 0 unspecified atom stereocenters. The van der Waals surface area contributed by atoms with Crippen molar-refractivity contribution < 1.29 is 9.53 Å². The van der Waals surface area contributed by atoms with Gasteiger partial charge in [0.2, 0.25) is 5.56 Å². The number of para-hydroxylation sites is 1. The maximum Gasteiger partial charge on any atom is 0.260 e. The van der Waals surface area contributed by atoms with Crippen LogP contribution in [0.15, 0.2) is 47.4 Å². The maximum absolute atomic E-state index is 12.4. The summed E-state index contributed by atoms with van der Waals surface area (Å²) in [7, 11) is 1.76. The van der Waals surface area contributed by atoms with E-state index < -0.39 is 0 Å². The fourth-order valence-electron chi connectivity index (χ4n) is 3.11. The molecule has 1 fully saturated rings. The molecule has 1 saturated heterocycles. The fraction of sp³-hybridized carbons (Fsp3) is 0.400. The number of rotatable bonds is 5. The molecular formula is C20H25N3O3. The number of hydrogen-bond acceptors (Lipinski definition) is 4. The van der Waals surface area contributed by atoms with Gasteiger partial charge in [-0.3, -0.25) is 14.5 Å². The van der Waals surface area contributed by atoms with E-state index in [4.69, 9.17) is 4.74 Å². The summed E-state index contributed by atoms with van der Waals surface area (Å²) in [6, 6.07) is 11.2. The van der Waals surface area contributed by atoms with Crippen LogP contribution in [0, 0.1) is 6.92 Å². The Morgan fingerprint density at radius 2 is 1.81 bits per heavy atom. The Kier molecular flexibility index (Phi) is 5.73. The molecule has 0 aliphatic carbocycles. The summed E-state index contributed by atoms with van der Waals surface area (Å²) in [6.45, 7) is 5.86. The van der Waals surface area contributed by atoms with Crippen LogP contribution in [-0.2, 0) is 18.4 Å². The van der Waals surface area contributed by atoms with Crippen LogP contribution in [0.25, 0.3) is 0 Å². The predicted molar refractivity (Wildman–Crippen MR) is 100 cm³/mol. The number of aromatic nitrogens is 1. The van der Waals surface area contributed by atoms with Crippen LogP contribution in [0.3, 0.4) is 0 Å². The van der Waals surface area contributed by atoms with E-state index in [0.717, 1.165) is 36.5 Å². The van der Waals surface area contributed by atoms with Gasteiger partial charge in [0.25, 0.3) is 5.91 Å². The lowest BCUT2D eigenvalue weighted by Gasteiger charge is -2.34. The van der Waals surface area contributed by atoms with E-state index in [2.05, 4.69) is 4.90 Å². The van der Waals surface area contributed by atoms with E-state index in [9.17, 15) is 9.59 Å². The van der Waals surface area contributed by atoms with Crippen molar-refractivity contribution in [2.24, 2.45) is 7.05 Å². The zero-order valence-corrected chi connectivity index (χ0v) is 15.4. The third-order valence-corrected chi connectivity index (χ3v) is 4.72. The lowest BCUT2D eigenvalue weighted by atomic mass is 10.2. The van der Waals surface area contributed by atoms with E-state index >= 15 is 0 Å². The van der Waals surface area contributed by atoms with Crippen molar-refractivity contribution in [3.8, 4) is 5.75 Å². The maximum atomic E-state index is 12.4. The third kappa shape index (κ3) is 4.52. The van der Waals surface area contributed by atoms with Crippen molar-refractivity contribution in [3.05, 3.63) is 64.1 Å². The molecule has 0 spiro atoms. The lowest BCUT2D eigenvalue weighted by molar-refractivity contribution is -0.135. The third-order valence-electron chi connectivity index (χ3n) is 4.72. The van der Waals surface area contributed by atoms with Crippen molar-refractivity contribution >= 4 is 5.91 Å². The number of carbonyl (C=O) groups excluding carboxylic acids is 1. The van der Waals surface area contributed by atoms with Gasteiger partial charge < -0.3 is 14.2 Å². The Balaban J connectivity index is 1.47. The topological polar surface area (TPSA) is 54.8 Å². The van der Waals surface area contributed by atoms with Crippen LogP contribution < -0.4 is 10.3 Å². The van der Waals surface area contributed by atoms with E-state index in [1.165, 1.54) is 0 Å². The summed E-state index contributed by atoms with van der Waals surface area (Å²) in [4.78, 5) is 28.0. The molecule has 1 aromatic carbocycles. The number of pyridine rings is 1. The lowest BCUT2D eigenvalue weighted by Crippen LogP contribution is -2.49. The molecule has 6 nitrogen and oxygen atoms in total. The standard InChI is InChI=1S/C20H25N3O3/c1-16-5-3-4-6-18(16)26-15-20(25)23-11-9-22(10-12-23)14-17-7-8-19(24)21(2)13-17/h3-8,13H,9-12,14-15H2,1-2H3. The number of hydrogen-bond donors (Lipinski definition) is 0. The van der Waals surface area contributed by atoms with Crippen molar-refractivity contribution in [1.82, 2.24) is 14.4 Å². The molecule has 1 aromatic heterocycles. The highest BCUT2D eigenvalue weighted by atomic mass is 16.5. The SMILES string of the molecule is Cc1ccccc1OCC(=O)N1CCN(Cc2ccc(=O)n(C)c2)CC1. The molecule has 1 aliphatic rings. The quantitative estimate of drug-likeness (QED) is 0.814. The van der Waals surface area contributed by atoms with Crippen molar-refractivity contribution in [2.45, 2.75) is 13.5 Å². The average Bonchev–Trinajstić information content (AvgIpc) is 2.64. The number of ether oxygens (including phenoxy) is 1. The fourth-order valence-corrected chi connectivity index (χ4v) is 3.11. The Morgan fingerprint density at radius 3 is 2.50 bits per heavy atom. The first-order chi connectivity index (χ1) is 12.5. The zero-order chi connectivity index (χ0) is 18.5. The van der Waals surface area contributed by atoms with Gasteiger partial charge in [0.1, 0.15) is 5.75 Å². The number of aryl methyl sites for hydroxylation is 2. The second-order valence-corrected chi connectivity index (χ2v) is 6.70. The molecule has 2 aromatic rings. The summed E-state index contributed by atoms with van der Waals surface area (Å²) in [6.07, 6.45) is 1.87. The molecule has 2 heterocycles. The smallest absolute Gasteiger partial charge is 0.260 e. The van der Waals surface area contributed by atoms with E-state index in [1.807, 2.05) is 48.4 Å². The van der Waals surface area contributed by atoms with E-state index in [1.54, 1.807) is 17.7 Å². The normalized spacial score (nSPS) is 15.1. The second-order valence-electron chi connectivity index (χ2n) is 6.70. The Bertz CT molecular complexity index is 823. The number of carbonyl (C=O) groups is 1. The van der Waals surface area contributed by atoms with Gasteiger partial charge in [-0.1, -0.05) is 24.3 Å². The van der Waals surface area contributed by atoms with Gasteiger partial charge in [-0.05, 0) is 24.1 Å². The van der Waals surface area contributed by atoms with Gasteiger partial charge in [0.15, 0.2) is 6.61 Å². The molecule has 6 heteroatoms. The minimum Gasteiger partial charge on any atom is -0.484 e. The van der Waals surface area contributed by atoms with Crippen LogP contribution in [0.2, 0.25) is 0 Å². The van der Waals surface area contributed by atoms with Gasteiger partial charge in [0, 0.05) is 52.0 Å². The number of benzene rings is 1. The van der Waals surface area contributed by atoms with Crippen LogP contribution >= 0.6 is 0 Å². The Morgan fingerprint density at radius 1 is 1.08 bits per heavy atom. The summed E-state index contributed by atoms with van der Waals surface area (Å²) < 4.78 is 7.26. The van der Waals surface area contributed by atoms with Crippen molar-refractivity contribution in [2.75, 3.05) is 32.8 Å².